The molecule has 0 saturated carbocycles. The second-order valence-electron chi connectivity index (χ2n) is 10.3. The first kappa shape index (κ1) is 29.4. The average Bonchev–Trinajstić information content (AvgIpc) is 2.78. The molecule has 37 heavy (non-hydrogen) atoms. The van der Waals surface area contributed by atoms with Crippen LogP contribution in [0.25, 0.3) is 0 Å². The van der Waals surface area contributed by atoms with Crippen LogP contribution in [0.1, 0.15) is 70.0 Å². The molecule has 0 spiro atoms. The van der Waals surface area contributed by atoms with Crippen molar-refractivity contribution in [2.24, 2.45) is 5.41 Å². The number of hydrogen-bond donors (Lipinski definition) is 1. The van der Waals surface area contributed by atoms with Crippen molar-refractivity contribution in [3.8, 4) is 0 Å². The standard InChI is InChI=1S/C27H32Cl2FNO5S/c1-5-22(15-37(35,36)16(2)3)31-25(17-6-8-19(28)9-7-17)23(18-10-20(29)12-21(30)11-18)13-27(4,26(31)34)14-24(32)33/h6-12,16,22-23,25H,5,13-15H2,1-4H3,(H,32,33). The van der Waals surface area contributed by atoms with E-state index in [-0.39, 0.29) is 17.2 Å². The second kappa shape index (κ2) is 11.3. The summed E-state index contributed by atoms with van der Waals surface area (Å²) in [7, 11) is -3.56. The molecular weight excluding hydrogens is 540 g/mol. The Morgan fingerprint density at radius 1 is 1.14 bits per heavy atom. The summed E-state index contributed by atoms with van der Waals surface area (Å²) < 4.78 is 40.5. The van der Waals surface area contributed by atoms with Crippen LogP contribution in [0, 0.1) is 11.2 Å². The van der Waals surface area contributed by atoms with E-state index in [4.69, 9.17) is 23.2 Å². The van der Waals surface area contributed by atoms with Gasteiger partial charge >= 0.3 is 5.97 Å². The molecule has 1 heterocycles. The van der Waals surface area contributed by atoms with E-state index in [2.05, 4.69) is 0 Å². The minimum Gasteiger partial charge on any atom is -0.481 e. The Labute approximate surface area is 227 Å². The number of sulfone groups is 1. The number of halogens is 3. The molecule has 1 amide bonds. The van der Waals surface area contributed by atoms with Crippen LogP contribution in [0.15, 0.2) is 42.5 Å². The van der Waals surface area contributed by atoms with Gasteiger partial charge in [-0.2, -0.15) is 0 Å². The molecule has 0 aromatic heterocycles. The van der Waals surface area contributed by atoms with Crippen LogP contribution in [0.2, 0.25) is 10.0 Å². The van der Waals surface area contributed by atoms with Crippen molar-refractivity contribution in [2.45, 2.75) is 70.2 Å². The molecule has 2 aromatic carbocycles. The predicted molar refractivity (Wildman–Crippen MR) is 143 cm³/mol. The normalized spacial score (nSPS) is 23.4. The lowest BCUT2D eigenvalue weighted by molar-refractivity contribution is -0.160. The zero-order valence-corrected chi connectivity index (χ0v) is 23.6. The van der Waals surface area contributed by atoms with Crippen molar-refractivity contribution in [2.75, 3.05) is 5.75 Å². The lowest BCUT2D eigenvalue weighted by atomic mass is 9.67. The van der Waals surface area contributed by atoms with Gasteiger partial charge in [0.25, 0.3) is 0 Å². The van der Waals surface area contributed by atoms with Gasteiger partial charge in [-0.25, -0.2) is 12.8 Å². The van der Waals surface area contributed by atoms with E-state index in [0.717, 1.165) is 0 Å². The Morgan fingerprint density at radius 2 is 1.76 bits per heavy atom. The molecule has 0 aliphatic carbocycles. The maximum atomic E-state index is 14.5. The molecule has 1 saturated heterocycles. The molecule has 6 nitrogen and oxygen atoms in total. The monoisotopic (exact) mass is 571 g/mol. The fourth-order valence-electron chi connectivity index (χ4n) is 5.19. The van der Waals surface area contributed by atoms with E-state index >= 15 is 0 Å². The first-order valence-corrected chi connectivity index (χ1v) is 14.6. The molecule has 3 rings (SSSR count). The van der Waals surface area contributed by atoms with Gasteiger partial charge in [0.1, 0.15) is 5.82 Å². The number of hydrogen-bond acceptors (Lipinski definition) is 4. The number of piperidine rings is 1. The number of likely N-dealkylation sites (tertiary alicyclic amines) is 1. The number of carboxylic acids is 1. The molecule has 4 atom stereocenters. The zero-order valence-electron chi connectivity index (χ0n) is 21.2. The summed E-state index contributed by atoms with van der Waals surface area (Å²) in [5, 5.41) is 9.68. The van der Waals surface area contributed by atoms with Gasteiger partial charge in [-0.15, -0.1) is 0 Å². The highest BCUT2D eigenvalue weighted by Gasteiger charge is 2.52. The molecular formula is C27H32Cl2FNO5S. The number of carbonyl (C=O) groups is 2. The summed E-state index contributed by atoms with van der Waals surface area (Å²) in [6.45, 7) is 6.54. The van der Waals surface area contributed by atoms with Crippen molar-refractivity contribution in [3.05, 3.63) is 69.5 Å². The second-order valence-corrected chi connectivity index (χ2v) is 13.8. The van der Waals surface area contributed by atoms with E-state index in [1.807, 2.05) is 0 Å². The summed E-state index contributed by atoms with van der Waals surface area (Å²) in [6, 6.07) is 9.54. The van der Waals surface area contributed by atoms with E-state index in [1.54, 1.807) is 58.0 Å². The fourth-order valence-corrected chi connectivity index (χ4v) is 6.86. The first-order valence-electron chi connectivity index (χ1n) is 12.2. The van der Waals surface area contributed by atoms with Gasteiger partial charge in [0.2, 0.25) is 5.91 Å². The largest absolute Gasteiger partial charge is 0.481 e. The first-order chi connectivity index (χ1) is 17.2. The van der Waals surface area contributed by atoms with Crippen molar-refractivity contribution >= 4 is 44.9 Å². The highest BCUT2D eigenvalue weighted by atomic mass is 35.5. The third kappa shape index (κ3) is 6.47. The number of nitrogens with zero attached hydrogens (tertiary/aromatic N) is 1. The van der Waals surface area contributed by atoms with Gasteiger partial charge in [0.15, 0.2) is 9.84 Å². The Balaban J connectivity index is 2.29. The number of rotatable bonds is 9. The molecule has 2 aromatic rings. The van der Waals surface area contributed by atoms with Gasteiger partial charge in [-0.1, -0.05) is 49.2 Å². The van der Waals surface area contributed by atoms with Crippen molar-refractivity contribution < 1.29 is 27.5 Å². The SMILES string of the molecule is CCC(CS(=O)(=O)C(C)C)N1C(=O)C(C)(CC(=O)O)CC(c2cc(F)cc(Cl)c2)C1c1ccc(Cl)cc1. The van der Waals surface area contributed by atoms with Gasteiger partial charge in [0.05, 0.1) is 28.9 Å². The van der Waals surface area contributed by atoms with E-state index in [0.29, 0.717) is 22.6 Å². The maximum Gasteiger partial charge on any atom is 0.304 e. The number of benzene rings is 2. The minimum atomic E-state index is -3.56. The summed E-state index contributed by atoms with van der Waals surface area (Å²) in [4.78, 5) is 27.5. The molecule has 10 heteroatoms. The summed E-state index contributed by atoms with van der Waals surface area (Å²) in [5.74, 6) is -3.00. The van der Waals surface area contributed by atoms with Crippen LogP contribution in [-0.2, 0) is 19.4 Å². The highest BCUT2D eigenvalue weighted by molar-refractivity contribution is 7.92. The molecule has 1 aliphatic heterocycles. The molecule has 0 radical (unpaired) electrons. The predicted octanol–water partition coefficient (Wildman–Crippen LogP) is 6.27. The summed E-state index contributed by atoms with van der Waals surface area (Å²) >= 11 is 12.3. The number of carbonyl (C=O) groups excluding carboxylic acids is 1. The summed E-state index contributed by atoms with van der Waals surface area (Å²) in [5.41, 5.74) is -0.172. The Bertz CT molecular complexity index is 1250. The third-order valence-corrected chi connectivity index (χ3v) is 9.93. The number of carboxylic acid groups (broad SMARTS) is 1. The Kier molecular flexibility index (Phi) is 8.97. The Hall–Kier alpha value is -2.16. The third-order valence-electron chi connectivity index (χ3n) is 7.18. The van der Waals surface area contributed by atoms with Crippen LogP contribution >= 0.6 is 23.2 Å². The van der Waals surface area contributed by atoms with Crippen LogP contribution < -0.4 is 0 Å². The van der Waals surface area contributed by atoms with Gasteiger partial charge in [0, 0.05) is 22.0 Å². The molecule has 1 N–H and O–H groups in total. The smallest absolute Gasteiger partial charge is 0.304 e. The average molecular weight is 573 g/mol. The lowest BCUT2D eigenvalue weighted by Gasteiger charge is -2.51. The van der Waals surface area contributed by atoms with Gasteiger partial charge in [-0.3, -0.25) is 9.59 Å². The highest BCUT2D eigenvalue weighted by Crippen LogP contribution is 2.52. The fraction of sp³-hybridized carbons (Fsp3) is 0.481. The zero-order chi connectivity index (χ0) is 27.7. The van der Waals surface area contributed by atoms with Crippen LogP contribution in [0.4, 0.5) is 4.39 Å². The number of amides is 1. The number of aliphatic carboxylic acids is 1. The molecule has 202 valence electrons. The van der Waals surface area contributed by atoms with Gasteiger partial charge in [-0.05, 0) is 68.1 Å². The van der Waals surface area contributed by atoms with Crippen molar-refractivity contribution in [1.29, 1.82) is 0 Å². The van der Waals surface area contributed by atoms with E-state index < -0.39 is 62.6 Å². The van der Waals surface area contributed by atoms with Crippen molar-refractivity contribution in [1.82, 2.24) is 4.90 Å². The lowest BCUT2D eigenvalue weighted by Crippen LogP contribution is -2.57. The van der Waals surface area contributed by atoms with Crippen LogP contribution in [0.3, 0.4) is 0 Å². The van der Waals surface area contributed by atoms with E-state index in [1.165, 1.54) is 17.0 Å². The van der Waals surface area contributed by atoms with Crippen LogP contribution in [0.5, 0.6) is 0 Å². The maximum absolute atomic E-state index is 14.5. The molecule has 1 aliphatic rings. The molecule has 4 unspecified atom stereocenters. The summed E-state index contributed by atoms with van der Waals surface area (Å²) in [6.07, 6.45) is -0.0286. The minimum absolute atomic E-state index is 0.106. The van der Waals surface area contributed by atoms with E-state index in [9.17, 15) is 27.5 Å². The molecule has 1 fully saturated rings. The Morgan fingerprint density at radius 3 is 2.27 bits per heavy atom. The quantitative estimate of drug-likeness (QED) is 0.382. The molecule has 0 bridgehead atoms. The topological polar surface area (TPSA) is 91.8 Å². The van der Waals surface area contributed by atoms with Gasteiger partial charge < -0.3 is 10.0 Å². The van der Waals surface area contributed by atoms with Crippen molar-refractivity contribution in [3.63, 3.8) is 0 Å². The van der Waals surface area contributed by atoms with Crippen LogP contribution in [-0.4, -0.2) is 47.3 Å².